The molecule has 0 amide bonds. The highest BCUT2D eigenvalue weighted by Gasteiger charge is 2.37. The molecule has 0 bridgehead atoms. The number of aromatic nitrogens is 2. The van der Waals surface area contributed by atoms with Crippen LogP contribution in [0.5, 0.6) is 28.7 Å². The van der Waals surface area contributed by atoms with Crippen LogP contribution in [0.4, 0.5) is 4.39 Å². The minimum absolute atomic E-state index is 0.0764. The van der Waals surface area contributed by atoms with Crippen molar-refractivity contribution in [2.45, 2.75) is 265 Å². The monoisotopic (exact) mass is 1380 g/mol. The van der Waals surface area contributed by atoms with Crippen molar-refractivity contribution in [1.29, 1.82) is 0 Å². The number of aryl methyl sites for hydroxylation is 5. The molecular formula is C87H129FN2O10. The summed E-state index contributed by atoms with van der Waals surface area (Å²) in [6.07, 6.45) is 25.3. The van der Waals surface area contributed by atoms with Crippen molar-refractivity contribution < 1.29 is 51.9 Å². The second-order valence-electron chi connectivity index (χ2n) is 24.4. The van der Waals surface area contributed by atoms with E-state index in [4.69, 9.17) is 37.9 Å². The molecule has 0 unspecified atom stereocenters. The number of hydrogen-bond acceptors (Lipinski definition) is 12. The van der Waals surface area contributed by atoms with Crippen LogP contribution < -0.4 is 23.7 Å². The fraction of sp³-hybridized carbons (Fsp3) is 0.586. The van der Waals surface area contributed by atoms with Gasteiger partial charge in [-0.2, -0.15) is 0 Å². The molecule has 13 heteroatoms. The smallest absolute Gasteiger partial charge is 0.321 e. The average Bonchev–Trinajstić information content (AvgIpc) is 1.17. The normalized spacial score (nSPS) is 18.8. The minimum atomic E-state index is -0.582. The van der Waals surface area contributed by atoms with Crippen LogP contribution >= 0.6 is 0 Å². The number of nitrogens with zero attached hydrogens (tertiary/aromatic N) is 2. The Labute approximate surface area is 604 Å². The van der Waals surface area contributed by atoms with E-state index < -0.39 is 11.8 Å². The van der Waals surface area contributed by atoms with Crippen molar-refractivity contribution in [1.82, 2.24) is 9.97 Å². The molecule has 0 atom stereocenters. The molecule has 0 spiro atoms. The molecule has 5 aromatic carbocycles. The molecule has 14 rings (SSSR count). The molecule has 6 aromatic rings. The third kappa shape index (κ3) is 22.6. The van der Waals surface area contributed by atoms with Gasteiger partial charge in [0.25, 0.3) is 0 Å². The predicted octanol–water partition coefficient (Wildman–Crippen LogP) is 22.3. The SMILES string of the molecule is CC.CC.CC.CC.CC.CC.CC.CC.CC1COC(C2CCC(OC(=O)C3COc4ccc5c(c4-c4c(ccc6c4CCCC6)OC3)CCCC5)CC2)OC1.CF.Cc1cnc(-c2ccc(OC(=O)C3COc4ccc5c(c4-c4c(ccc6c4CCCC6)OC3)CCCC5)cc2)nc1. The van der Waals surface area contributed by atoms with E-state index in [1.165, 1.54) is 118 Å². The van der Waals surface area contributed by atoms with Crippen molar-refractivity contribution in [3.05, 3.63) is 135 Å². The van der Waals surface area contributed by atoms with Crippen LogP contribution in [0.3, 0.4) is 0 Å². The lowest BCUT2D eigenvalue weighted by Crippen LogP contribution is -2.39. The lowest BCUT2D eigenvalue weighted by Gasteiger charge is -2.36. The molecule has 0 radical (unpaired) electrons. The molecule has 2 fully saturated rings. The maximum Gasteiger partial charge on any atom is 0.321 e. The van der Waals surface area contributed by atoms with Gasteiger partial charge in [0.15, 0.2) is 12.1 Å². The summed E-state index contributed by atoms with van der Waals surface area (Å²) in [4.78, 5) is 35.7. The lowest BCUT2D eigenvalue weighted by molar-refractivity contribution is -0.228. The largest absolute Gasteiger partial charge is 0.492 e. The quantitative estimate of drug-likeness (QED) is 0.116. The van der Waals surface area contributed by atoms with E-state index in [1.54, 1.807) is 24.5 Å². The summed E-state index contributed by atoms with van der Waals surface area (Å²) in [5.41, 5.74) is 17.9. The third-order valence-electron chi connectivity index (χ3n) is 18.5. The van der Waals surface area contributed by atoms with E-state index in [0.717, 1.165) is 124 Å². The van der Waals surface area contributed by atoms with Crippen molar-refractivity contribution in [3.63, 3.8) is 0 Å². The zero-order valence-corrected chi connectivity index (χ0v) is 65.3. The van der Waals surface area contributed by atoms with Gasteiger partial charge >= 0.3 is 11.9 Å². The number of fused-ring (bicyclic) bond motifs is 14. The summed E-state index contributed by atoms with van der Waals surface area (Å²) in [6, 6.07) is 24.7. The number of alkyl halides is 1. The fourth-order valence-corrected chi connectivity index (χ4v) is 14.0. The van der Waals surface area contributed by atoms with Crippen LogP contribution in [0, 0.1) is 30.6 Å². The van der Waals surface area contributed by atoms with Crippen LogP contribution in [-0.4, -0.2) is 81.1 Å². The van der Waals surface area contributed by atoms with Gasteiger partial charge in [0.05, 0.1) is 20.4 Å². The first kappa shape index (κ1) is 85.6. The van der Waals surface area contributed by atoms with Crippen LogP contribution in [0.15, 0.2) is 85.2 Å². The Morgan fingerprint density at radius 3 is 1.07 bits per heavy atom. The van der Waals surface area contributed by atoms with E-state index >= 15 is 0 Å². The Hall–Kier alpha value is -6.83. The van der Waals surface area contributed by atoms with E-state index in [1.807, 2.05) is 130 Å². The molecule has 5 aliphatic carbocycles. The number of benzene rings is 5. The van der Waals surface area contributed by atoms with Crippen LogP contribution in [0.2, 0.25) is 0 Å². The molecule has 1 saturated carbocycles. The van der Waals surface area contributed by atoms with Gasteiger partial charge < -0.3 is 37.9 Å². The standard InChI is InChI=1S/C35H34N2O4.C35H44O6.8C2H6.CH3F/c1-22-18-36-34(37-19-22)25-10-14-27(15-11-25)41-35(38)26-20-39-30-16-12-23-6-2-4-8-28(23)32(30)33-29-9-5-3-7-24(29)13-17-31(33)40-21-26;1-22-18-39-35(40-19-22)25-10-14-27(15-11-25)41-34(36)26-20-37-30-16-12-23-6-2-4-8-28(23)32(30)33-29-9-5-3-7-24(29)13-17-31(33)38-21-26;9*1-2/h10-19,26H,2-9,20-21H2,1H3;12-13,16-17,22,25-27,35H,2-11,14-15,18-21H2,1H3;8*1-2H3;1H3. The summed E-state index contributed by atoms with van der Waals surface area (Å²) in [5.74, 6) is 3.74. The van der Waals surface area contributed by atoms with E-state index in [9.17, 15) is 14.0 Å². The van der Waals surface area contributed by atoms with Gasteiger partial charge in [0.1, 0.15) is 73.1 Å². The van der Waals surface area contributed by atoms with Crippen molar-refractivity contribution in [3.8, 4) is 62.4 Å². The van der Waals surface area contributed by atoms with Crippen molar-refractivity contribution in [2.24, 2.45) is 23.7 Å². The van der Waals surface area contributed by atoms with E-state index in [0.29, 0.717) is 30.6 Å². The number of carbonyl (C=O) groups is 2. The van der Waals surface area contributed by atoms with Crippen LogP contribution in [0.1, 0.15) is 245 Å². The number of ether oxygens (including phenoxy) is 8. The Morgan fingerprint density at radius 1 is 0.410 bits per heavy atom. The van der Waals surface area contributed by atoms with Crippen molar-refractivity contribution >= 4 is 11.9 Å². The van der Waals surface area contributed by atoms with Gasteiger partial charge in [-0.15, -0.1) is 0 Å². The van der Waals surface area contributed by atoms with Gasteiger partial charge in [0.2, 0.25) is 0 Å². The molecule has 0 N–H and O–H groups in total. The Morgan fingerprint density at radius 2 is 0.730 bits per heavy atom. The molecule has 3 aliphatic heterocycles. The Balaban J connectivity index is 0.000000347. The summed E-state index contributed by atoms with van der Waals surface area (Å²) in [5, 5.41) is 0. The third-order valence-corrected chi connectivity index (χ3v) is 18.5. The first-order chi connectivity index (χ1) is 49.3. The topological polar surface area (TPSA) is 134 Å². The Kier molecular flexibility index (Phi) is 40.5. The van der Waals surface area contributed by atoms with Crippen LogP contribution in [-0.2, 0) is 75.2 Å². The summed E-state index contributed by atoms with van der Waals surface area (Å²) < 4.78 is 59.3. The molecule has 554 valence electrons. The second-order valence-corrected chi connectivity index (χ2v) is 24.4. The Bertz CT molecular complexity index is 3160. The number of halogens is 1. The highest BCUT2D eigenvalue weighted by Crippen LogP contribution is 2.50. The second kappa shape index (κ2) is 47.4. The molecule has 1 saturated heterocycles. The summed E-state index contributed by atoms with van der Waals surface area (Å²) >= 11 is 0. The first-order valence-electron chi connectivity index (χ1n) is 39.3. The lowest BCUT2D eigenvalue weighted by atomic mass is 9.80. The van der Waals surface area contributed by atoms with Crippen LogP contribution in [0.25, 0.3) is 33.6 Å². The first-order valence-corrected chi connectivity index (χ1v) is 39.3. The number of rotatable bonds is 6. The molecule has 12 nitrogen and oxygen atoms in total. The molecule has 4 heterocycles. The highest BCUT2D eigenvalue weighted by atomic mass is 19.1. The van der Waals surface area contributed by atoms with Gasteiger partial charge in [0, 0.05) is 52.0 Å². The maximum atomic E-state index is 13.5. The minimum Gasteiger partial charge on any atom is -0.492 e. The number of carbonyl (C=O) groups excluding carboxylic acids is 2. The summed E-state index contributed by atoms with van der Waals surface area (Å²) in [7, 11) is 0.500. The van der Waals surface area contributed by atoms with Gasteiger partial charge in [-0.3, -0.25) is 14.0 Å². The predicted molar refractivity (Wildman–Crippen MR) is 412 cm³/mol. The highest BCUT2D eigenvalue weighted by molar-refractivity contribution is 5.86. The molecule has 8 aliphatic rings. The van der Waals surface area contributed by atoms with Crippen molar-refractivity contribution in [2.75, 3.05) is 46.8 Å². The maximum absolute atomic E-state index is 13.5. The van der Waals surface area contributed by atoms with Gasteiger partial charge in [-0.25, -0.2) is 9.97 Å². The van der Waals surface area contributed by atoms with Gasteiger partial charge in [-0.05, 0) is 234 Å². The average molecular weight is 1380 g/mol. The van der Waals surface area contributed by atoms with Gasteiger partial charge in [-0.1, -0.05) is 142 Å². The molecule has 1 aromatic heterocycles. The van der Waals surface area contributed by atoms with E-state index in [-0.39, 0.29) is 50.8 Å². The zero-order chi connectivity index (χ0) is 73.5. The summed E-state index contributed by atoms with van der Waals surface area (Å²) in [6.45, 7) is 38.5. The zero-order valence-electron chi connectivity index (χ0n) is 65.3. The van der Waals surface area contributed by atoms with E-state index in [2.05, 4.69) is 65.4 Å². The fourth-order valence-electron chi connectivity index (χ4n) is 14.0. The number of hydrogen-bond donors (Lipinski definition) is 0. The molecular weight excluding hydrogens is 1250 g/mol. The molecule has 100 heavy (non-hydrogen) atoms. The number of esters is 2.